The molecule has 0 bridgehead atoms. The minimum Gasteiger partial charge on any atom is -0.313 e. The summed E-state index contributed by atoms with van der Waals surface area (Å²) < 4.78 is 2.25. The Morgan fingerprint density at radius 1 is 1.19 bits per heavy atom. The van der Waals surface area contributed by atoms with Crippen LogP contribution in [0.4, 0.5) is 0 Å². The van der Waals surface area contributed by atoms with Crippen molar-refractivity contribution < 1.29 is 0 Å². The maximum absolute atomic E-state index is 3.52. The van der Waals surface area contributed by atoms with Crippen LogP contribution >= 0.6 is 31.9 Å². The molecule has 1 nitrogen and oxygen atoms in total. The Hall–Kier alpha value is 0.140. The van der Waals surface area contributed by atoms with Crippen LogP contribution < -0.4 is 5.32 Å². The maximum Gasteiger partial charge on any atom is 0.0320 e. The normalized spacial score (nSPS) is 16.1. The Labute approximate surface area is 114 Å². The van der Waals surface area contributed by atoms with Crippen LogP contribution in [0.3, 0.4) is 0 Å². The maximum atomic E-state index is 3.52. The van der Waals surface area contributed by atoms with E-state index in [1.165, 1.54) is 31.2 Å². The number of hydrogen-bond donors (Lipinski definition) is 1. The first kappa shape index (κ1) is 12.6. The van der Waals surface area contributed by atoms with E-state index in [4.69, 9.17) is 0 Å². The molecule has 0 aliphatic heterocycles. The highest BCUT2D eigenvalue weighted by Gasteiger charge is 2.16. The van der Waals surface area contributed by atoms with Crippen molar-refractivity contribution in [1.29, 1.82) is 0 Å². The van der Waals surface area contributed by atoms with Gasteiger partial charge < -0.3 is 5.32 Å². The van der Waals surface area contributed by atoms with Gasteiger partial charge in [-0.3, -0.25) is 0 Å². The largest absolute Gasteiger partial charge is 0.313 e. The van der Waals surface area contributed by atoms with Crippen LogP contribution in [0.15, 0.2) is 27.1 Å². The molecule has 0 radical (unpaired) electrons. The average molecular weight is 347 g/mol. The first-order valence-corrected chi connectivity index (χ1v) is 7.49. The van der Waals surface area contributed by atoms with Gasteiger partial charge in [0, 0.05) is 15.5 Å². The third-order valence-corrected chi connectivity index (χ3v) is 5.15. The van der Waals surface area contributed by atoms with Crippen LogP contribution in [0.5, 0.6) is 0 Å². The van der Waals surface area contributed by atoms with Gasteiger partial charge in [-0.15, -0.1) is 0 Å². The van der Waals surface area contributed by atoms with E-state index in [-0.39, 0.29) is 0 Å². The second-order valence-electron chi connectivity index (χ2n) is 4.51. The van der Waals surface area contributed by atoms with Crippen LogP contribution in [0.2, 0.25) is 0 Å². The Kier molecular flexibility index (Phi) is 4.86. The summed E-state index contributed by atoms with van der Waals surface area (Å²) in [6.07, 6.45) is 5.69. The summed E-state index contributed by atoms with van der Waals surface area (Å²) in [6.45, 7) is 2.12. The van der Waals surface area contributed by atoms with Crippen molar-refractivity contribution in [3.8, 4) is 0 Å². The van der Waals surface area contributed by atoms with E-state index in [0.29, 0.717) is 0 Å². The third-order valence-electron chi connectivity index (χ3n) is 3.27. The standard InChI is InChI=1S/C13H17Br2N/c14-12-5-4-11(8-13(12)15)9-16-7-6-10-2-1-3-10/h4-5,8,10,16H,1-3,6-7,9H2. The Bertz CT molecular complexity index is 348. The fourth-order valence-corrected chi connectivity index (χ4v) is 2.64. The smallest absolute Gasteiger partial charge is 0.0320 e. The zero-order valence-electron chi connectivity index (χ0n) is 9.31. The van der Waals surface area contributed by atoms with E-state index < -0.39 is 0 Å². The number of nitrogens with one attached hydrogen (secondary N) is 1. The van der Waals surface area contributed by atoms with Crippen molar-refractivity contribution in [3.63, 3.8) is 0 Å². The van der Waals surface area contributed by atoms with Crippen molar-refractivity contribution in [2.45, 2.75) is 32.2 Å². The van der Waals surface area contributed by atoms with Gasteiger partial charge in [-0.25, -0.2) is 0 Å². The molecule has 0 heterocycles. The van der Waals surface area contributed by atoms with Crippen molar-refractivity contribution in [1.82, 2.24) is 5.32 Å². The summed E-state index contributed by atoms with van der Waals surface area (Å²) >= 11 is 7.00. The lowest BCUT2D eigenvalue weighted by molar-refractivity contribution is 0.292. The fourth-order valence-electron chi connectivity index (χ4n) is 1.97. The lowest BCUT2D eigenvalue weighted by Gasteiger charge is -2.25. The van der Waals surface area contributed by atoms with Gasteiger partial charge in [-0.1, -0.05) is 25.3 Å². The highest BCUT2D eigenvalue weighted by Crippen LogP contribution is 2.28. The van der Waals surface area contributed by atoms with E-state index in [9.17, 15) is 0 Å². The van der Waals surface area contributed by atoms with Gasteiger partial charge >= 0.3 is 0 Å². The highest BCUT2D eigenvalue weighted by atomic mass is 79.9. The number of rotatable bonds is 5. The van der Waals surface area contributed by atoms with Crippen molar-refractivity contribution in [3.05, 3.63) is 32.7 Å². The second-order valence-corrected chi connectivity index (χ2v) is 6.22. The quantitative estimate of drug-likeness (QED) is 0.774. The molecule has 0 saturated heterocycles. The molecule has 88 valence electrons. The molecule has 3 heteroatoms. The highest BCUT2D eigenvalue weighted by molar-refractivity contribution is 9.13. The summed E-state index contributed by atoms with van der Waals surface area (Å²) in [5, 5.41) is 3.51. The van der Waals surface area contributed by atoms with Gasteiger partial charge in [0.05, 0.1) is 0 Å². The van der Waals surface area contributed by atoms with Crippen LogP contribution in [0.1, 0.15) is 31.2 Å². The topological polar surface area (TPSA) is 12.0 Å². The summed E-state index contributed by atoms with van der Waals surface area (Å²) in [7, 11) is 0. The number of hydrogen-bond acceptors (Lipinski definition) is 1. The zero-order valence-corrected chi connectivity index (χ0v) is 12.5. The number of benzene rings is 1. The van der Waals surface area contributed by atoms with Gasteiger partial charge in [0.25, 0.3) is 0 Å². The van der Waals surface area contributed by atoms with E-state index in [1.54, 1.807) is 0 Å². The predicted molar refractivity (Wildman–Crippen MR) is 75.5 cm³/mol. The molecule has 0 spiro atoms. The summed E-state index contributed by atoms with van der Waals surface area (Å²) in [6, 6.07) is 6.42. The van der Waals surface area contributed by atoms with Crippen molar-refractivity contribution >= 4 is 31.9 Å². The molecule has 1 aromatic rings. The molecule has 16 heavy (non-hydrogen) atoms. The molecule has 0 aromatic heterocycles. The van der Waals surface area contributed by atoms with Crippen molar-refractivity contribution in [2.24, 2.45) is 5.92 Å². The Morgan fingerprint density at radius 3 is 2.62 bits per heavy atom. The SMILES string of the molecule is Brc1ccc(CNCCC2CCC2)cc1Br. The Morgan fingerprint density at radius 2 is 2.00 bits per heavy atom. The van der Waals surface area contributed by atoms with Crippen LogP contribution in [0, 0.1) is 5.92 Å². The molecule has 1 aromatic carbocycles. The molecule has 1 N–H and O–H groups in total. The Balaban J connectivity index is 1.69. The van der Waals surface area contributed by atoms with Gasteiger partial charge in [-0.2, -0.15) is 0 Å². The predicted octanol–water partition coefficient (Wildman–Crippen LogP) is 4.49. The molecule has 1 aliphatic carbocycles. The average Bonchev–Trinajstić information content (AvgIpc) is 2.20. The lowest BCUT2D eigenvalue weighted by atomic mass is 9.83. The van der Waals surface area contributed by atoms with Gasteiger partial charge in [0.2, 0.25) is 0 Å². The van der Waals surface area contributed by atoms with E-state index in [2.05, 4.69) is 55.4 Å². The van der Waals surface area contributed by atoms with Gasteiger partial charge in [0.15, 0.2) is 0 Å². The molecule has 0 atom stereocenters. The molecule has 2 rings (SSSR count). The molecule has 1 fully saturated rings. The monoisotopic (exact) mass is 345 g/mol. The number of halogens is 2. The molecular weight excluding hydrogens is 330 g/mol. The second kappa shape index (κ2) is 6.18. The van der Waals surface area contributed by atoms with E-state index >= 15 is 0 Å². The zero-order chi connectivity index (χ0) is 11.4. The first-order chi connectivity index (χ1) is 7.75. The van der Waals surface area contributed by atoms with Crippen LogP contribution in [-0.2, 0) is 6.54 Å². The molecule has 0 unspecified atom stereocenters. The molecule has 1 saturated carbocycles. The summed E-state index contributed by atoms with van der Waals surface area (Å²) in [5.74, 6) is 1.00. The molecular formula is C13H17Br2N. The lowest BCUT2D eigenvalue weighted by Crippen LogP contribution is -2.21. The molecule has 0 amide bonds. The van der Waals surface area contributed by atoms with Crippen molar-refractivity contribution in [2.75, 3.05) is 6.54 Å². The van der Waals surface area contributed by atoms with Crippen LogP contribution in [-0.4, -0.2) is 6.54 Å². The fraction of sp³-hybridized carbons (Fsp3) is 0.538. The van der Waals surface area contributed by atoms with Gasteiger partial charge in [0.1, 0.15) is 0 Å². The van der Waals surface area contributed by atoms with E-state index in [0.717, 1.165) is 28.0 Å². The van der Waals surface area contributed by atoms with E-state index in [1.807, 2.05) is 0 Å². The molecule has 1 aliphatic rings. The minimum atomic E-state index is 0.971. The summed E-state index contributed by atoms with van der Waals surface area (Å²) in [4.78, 5) is 0. The summed E-state index contributed by atoms with van der Waals surface area (Å²) in [5.41, 5.74) is 1.34. The van der Waals surface area contributed by atoms with Crippen LogP contribution in [0.25, 0.3) is 0 Å². The van der Waals surface area contributed by atoms with Gasteiger partial charge in [-0.05, 0) is 68.4 Å². The third kappa shape index (κ3) is 3.57. The minimum absolute atomic E-state index is 0.971. The first-order valence-electron chi connectivity index (χ1n) is 5.90.